The summed E-state index contributed by atoms with van der Waals surface area (Å²) in [6.07, 6.45) is 2.89. The number of ether oxygens (including phenoxy) is 1. The van der Waals surface area contributed by atoms with Gasteiger partial charge in [0, 0.05) is 17.7 Å². The Hall–Kier alpha value is -3.98. The van der Waals surface area contributed by atoms with Crippen LogP contribution in [0, 0.1) is 10.1 Å². The van der Waals surface area contributed by atoms with E-state index >= 15 is 0 Å². The Morgan fingerprint density at radius 2 is 2.03 bits per heavy atom. The summed E-state index contributed by atoms with van der Waals surface area (Å²) in [4.78, 5) is 27.1. The minimum atomic E-state index is -0.504. The second-order valence-electron chi connectivity index (χ2n) is 6.16. The monoisotopic (exact) mass is 421 g/mol. The normalized spacial score (nSPS) is 11.1. The van der Waals surface area contributed by atoms with Gasteiger partial charge in [-0.05, 0) is 18.2 Å². The smallest absolute Gasteiger partial charge is 0.274 e. The van der Waals surface area contributed by atoms with Crippen molar-refractivity contribution < 1.29 is 18.9 Å². The standard InChI is InChI=1S/C21H15N3O5S/c1-28-17-11-14(24(26)27)12-18-20(17)23-21(30-18)22-19(25)10-8-15-7-9-16(29-15)13-5-3-2-4-6-13/h2-12H,1H3,(H,22,23,25)/b10-8+. The number of carbonyl (C=O) groups is 1. The van der Waals surface area contributed by atoms with Gasteiger partial charge in [-0.1, -0.05) is 41.7 Å². The maximum absolute atomic E-state index is 12.3. The number of anilines is 1. The first kappa shape index (κ1) is 19.3. The third kappa shape index (κ3) is 4.06. The van der Waals surface area contributed by atoms with Crippen molar-refractivity contribution in [2.45, 2.75) is 0 Å². The third-order valence-corrected chi connectivity index (χ3v) is 5.11. The molecule has 9 heteroatoms. The zero-order valence-corrected chi connectivity index (χ0v) is 16.5. The molecule has 0 saturated carbocycles. The van der Waals surface area contributed by atoms with Crippen LogP contribution >= 0.6 is 11.3 Å². The molecule has 0 radical (unpaired) electrons. The predicted octanol–water partition coefficient (Wildman–Crippen LogP) is 5.13. The first-order chi connectivity index (χ1) is 14.5. The zero-order chi connectivity index (χ0) is 21.1. The van der Waals surface area contributed by atoms with Gasteiger partial charge < -0.3 is 9.15 Å². The number of aromatic nitrogens is 1. The molecule has 0 aliphatic carbocycles. The van der Waals surface area contributed by atoms with Crippen molar-refractivity contribution in [2.75, 3.05) is 12.4 Å². The quantitative estimate of drug-likeness (QED) is 0.263. The fourth-order valence-corrected chi connectivity index (χ4v) is 3.72. The number of methoxy groups -OCH3 is 1. The van der Waals surface area contributed by atoms with Crippen LogP contribution in [0.4, 0.5) is 10.8 Å². The SMILES string of the molecule is COc1cc([N+](=O)[O-])cc2sc(NC(=O)/C=C/c3ccc(-c4ccccc4)o3)nc12. The van der Waals surface area contributed by atoms with Crippen molar-refractivity contribution in [3.05, 3.63) is 76.5 Å². The molecule has 30 heavy (non-hydrogen) atoms. The summed E-state index contributed by atoms with van der Waals surface area (Å²) in [6, 6.07) is 15.9. The van der Waals surface area contributed by atoms with Gasteiger partial charge in [-0.15, -0.1) is 0 Å². The highest BCUT2D eigenvalue weighted by Crippen LogP contribution is 2.36. The second-order valence-corrected chi connectivity index (χ2v) is 7.19. The van der Waals surface area contributed by atoms with Crippen LogP contribution in [0.5, 0.6) is 5.75 Å². The molecule has 2 aromatic heterocycles. The average molecular weight is 421 g/mol. The summed E-state index contributed by atoms with van der Waals surface area (Å²) in [5, 5.41) is 14.0. The van der Waals surface area contributed by atoms with Crippen LogP contribution in [0.25, 0.3) is 27.6 Å². The number of nitro benzene ring substituents is 1. The van der Waals surface area contributed by atoms with Crippen LogP contribution < -0.4 is 10.1 Å². The first-order valence-corrected chi connectivity index (χ1v) is 9.62. The molecule has 0 fully saturated rings. The van der Waals surface area contributed by atoms with Crippen molar-refractivity contribution in [1.29, 1.82) is 0 Å². The molecule has 1 amide bonds. The summed E-state index contributed by atoms with van der Waals surface area (Å²) >= 11 is 1.12. The second kappa shape index (κ2) is 8.18. The number of furan rings is 1. The number of benzene rings is 2. The highest BCUT2D eigenvalue weighted by molar-refractivity contribution is 7.22. The molecule has 2 heterocycles. The number of amides is 1. The Kier molecular flexibility index (Phi) is 5.27. The van der Waals surface area contributed by atoms with Crippen molar-refractivity contribution in [2.24, 2.45) is 0 Å². The van der Waals surface area contributed by atoms with E-state index in [1.54, 1.807) is 12.1 Å². The van der Waals surface area contributed by atoms with E-state index in [0.717, 1.165) is 16.9 Å². The lowest BCUT2D eigenvalue weighted by atomic mass is 10.2. The van der Waals surface area contributed by atoms with Gasteiger partial charge in [0.1, 0.15) is 17.0 Å². The number of thiazole rings is 1. The number of nitro groups is 1. The summed E-state index contributed by atoms with van der Waals surface area (Å²) in [5.74, 6) is 1.11. The van der Waals surface area contributed by atoms with Gasteiger partial charge in [0.25, 0.3) is 5.69 Å². The Morgan fingerprint density at radius 1 is 1.23 bits per heavy atom. The molecule has 0 spiro atoms. The zero-order valence-electron chi connectivity index (χ0n) is 15.7. The van der Waals surface area contributed by atoms with Crippen molar-refractivity contribution in [3.63, 3.8) is 0 Å². The molecule has 4 aromatic rings. The molecule has 0 saturated heterocycles. The number of rotatable bonds is 6. The van der Waals surface area contributed by atoms with Crippen molar-refractivity contribution in [1.82, 2.24) is 4.98 Å². The Labute approximate surface area is 174 Å². The highest BCUT2D eigenvalue weighted by atomic mass is 32.1. The molecule has 2 aromatic carbocycles. The Bertz CT molecular complexity index is 1260. The van der Waals surface area contributed by atoms with Crippen LogP contribution in [0.1, 0.15) is 5.76 Å². The summed E-state index contributed by atoms with van der Waals surface area (Å²) in [7, 11) is 1.41. The molecule has 0 aliphatic rings. The number of hydrogen-bond acceptors (Lipinski definition) is 7. The largest absolute Gasteiger partial charge is 0.494 e. The molecule has 4 rings (SSSR count). The molecule has 8 nitrogen and oxygen atoms in total. The Morgan fingerprint density at radius 3 is 2.77 bits per heavy atom. The van der Waals surface area contributed by atoms with Crippen LogP contribution in [0.3, 0.4) is 0 Å². The van der Waals surface area contributed by atoms with Crippen LogP contribution in [0.15, 0.2) is 65.1 Å². The van der Waals surface area contributed by atoms with Crippen LogP contribution in [0.2, 0.25) is 0 Å². The maximum Gasteiger partial charge on any atom is 0.274 e. The Balaban J connectivity index is 1.49. The summed E-state index contributed by atoms with van der Waals surface area (Å²) in [5.41, 5.74) is 1.29. The van der Waals surface area contributed by atoms with E-state index in [0.29, 0.717) is 26.9 Å². The van der Waals surface area contributed by atoms with Gasteiger partial charge in [0.2, 0.25) is 5.91 Å². The van der Waals surface area contributed by atoms with Crippen molar-refractivity contribution in [3.8, 4) is 17.1 Å². The average Bonchev–Trinajstić information content (AvgIpc) is 3.38. The lowest BCUT2D eigenvalue weighted by Gasteiger charge is -1.99. The summed E-state index contributed by atoms with van der Waals surface area (Å²) in [6.45, 7) is 0. The number of non-ortho nitro benzene ring substituents is 1. The van der Waals surface area contributed by atoms with E-state index < -0.39 is 10.8 Å². The molecule has 0 unspecified atom stereocenters. The van der Waals surface area contributed by atoms with Gasteiger partial charge in [-0.2, -0.15) is 0 Å². The van der Waals surface area contributed by atoms with Gasteiger partial charge in [0.05, 0.1) is 22.8 Å². The van der Waals surface area contributed by atoms with E-state index in [2.05, 4.69) is 10.3 Å². The fraction of sp³-hybridized carbons (Fsp3) is 0.0476. The molecule has 150 valence electrons. The minimum Gasteiger partial charge on any atom is -0.494 e. The number of fused-ring (bicyclic) bond motifs is 1. The number of carbonyl (C=O) groups excluding carboxylic acids is 1. The van der Waals surface area contributed by atoms with Gasteiger partial charge in [-0.25, -0.2) is 4.98 Å². The predicted molar refractivity (Wildman–Crippen MR) is 115 cm³/mol. The lowest BCUT2D eigenvalue weighted by Crippen LogP contribution is -2.07. The molecular formula is C21H15N3O5S. The number of nitrogens with zero attached hydrogens (tertiary/aromatic N) is 2. The maximum atomic E-state index is 12.3. The molecule has 1 N–H and O–H groups in total. The highest BCUT2D eigenvalue weighted by Gasteiger charge is 2.17. The van der Waals surface area contributed by atoms with Gasteiger partial charge in [-0.3, -0.25) is 20.2 Å². The van der Waals surface area contributed by atoms with E-state index in [9.17, 15) is 14.9 Å². The van der Waals surface area contributed by atoms with Gasteiger partial charge in [0.15, 0.2) is 10.9 Å². The van der Waals surface area contributed by atoms with Crippen molar-refractivity contribution >= 4 is 44.4 Å². The number of nitrogens with one attached hydrogen (secondary N) is 1. The molecule has 0 bridgehead atoms. The van der Waals surface area contributed by atoms with E-state index in [1.165, 1.54) is 25.3 Å². The first-order valence-electron chi connectivity index (χ1n) is 8.81. The minimum absolute atomic E-state index is 0.104. The van der Waals surface area contributed by atoms with Crippen LogP contribution in [-0.2, 0) is 4.79 Å². The third-order valence-electron chi connectivity index (χ3n) is 4.19. The van der Waals surface area contributed by atoms with Gasteiger partial charge >= 0.3 is 0 Å². The fourth-order valence-electron chi connectivity index (χ4n) is 2.80. The summed E-state index contributed by atoms with van der Waals surface area (Å²) < 4.78 is 11.4. The van der Waals surface area contributed by atoms with E-state index in [-0.39, 0.29) is 11.4 Å². The van der Waals surface area contributed by atoms with Crippen LogP contribution in [-0.4, -0.2) is 22.9 Å². The number of hydrogen-bond donors (Lipinski definition) is 1. The topological polar surface area (TPSA) is 108 Å². The lowest BCUT2D eigenvalue weighted by molar-refractivity contribution is -0.384. The molecule has 0 atom stereocenters. The molecular weight excluding hydrogens is 406 g/mol. The van der Waals surface area contributed by atoms with E-state index in [4.69, 9.17) is 9.15 Å². The molecule has 0 aliphatic heterocycles. The van der Waals surface area contributed by atoms with E-state index in [1.807, 2.05) is 36.4 Å².